The van der Waals surface area contributed by atoms with E-state index in [1.54, 1.807) is 0 Å². The molecule has 4 atom stereocenters. The molecule has 31 heavy (non-hydrogen) atoms. The number of phenolic OH excluding ortho intramolecular Hbond substituents is 2. The smallest absolute Gasteiger partial charge is 0.342 e. The summed E-state index contributed by atoms with van der Waals surface area (Å²) < 4.78 is 12.3. The molecule has 2 N–H and O–H groups in total. The molecule has 0 radical (unpaired) electrons. The molecule has 0 spiro atoms. The fourth-order valence-corrected chi connectivity index (χ4v) is 5.15. The average molecular weight is 445 g/mol. The molecule has 1 aromatic rings. The second kappa shape index (κ2) is 8.83. The van der Waals surface area contributed by atoms with Crippen LogP contribution in [0.4, 0.5) is 0 Å². The van der Waals surface area contributed by atoms with Crippen molar-refractivity contribution < 1.29 is 24.2 Å². The number of benzene rings is 1. The Bertz CT molecular complexity index is 881. The third-order valence-electron chi connectivity index (χ3n) is 6.78. The molecule has 0 bridgehead atoms. The first kappa shape index (κ1) is 23.6. The number of allylic oxidation sites excluding steroid dienone is 3. The highest BCUT2D eigenvalue weighted by Gasteiger charge is 2.39. The highest BCUT2D eigenvalue weighted by molar-refractivity contribution is 6.74. The summed E-state index contributed by atoms with van der Waals surface area (Å²) in [5.41, 5.74) is 0.634. The van der Waals surface area contributed by atoms with E-state index in [4.69, 9.17) is 9.16 Å². The van der Waals surface area contributed by atoms with Gasteiger partial charge in [0.15, 0.2) is 8.32 Å². The normalized spacial score (nSPS) is 29.2. The Morgan fingerprint density at radius 2 is 1.77 bits per heavy atom. The van der Waals surface area contributed by atoms with E-state index in [1.165, 1.54) is 12.1 Å². The van der Waals surface area contributed by atoms with Gasteiger partial charge in [-0.3, -0.25) is 0 Å². The van der Waals surface area contributed by atoms with E-state index in [1.807, 2.05) is 19.1 Å². The largest absolute Gasteiger partial charge is 0.508 e. The molecule has 6 heteroatoms. The van der Waals surface area contributed by atoms with Crippen LogP contribution >= 0.6 is 0 Å². The summed E-state index contributed by atoms with van der Waals surface area (Å²) in [6.45, 7) is 12.8. The summed E-state index contributed by atoms with van der Waals surface area (Å²) in [4.78, 5) is 13.0. The fourth-order valence-electron chi connectivity index (χ4n) is 3.88. The van der Waals surface area contributed by atoms with Gasteiger partial charge in [0.25, 0.3) is 0 Å². The van der Waals surface area contributed by atoms with Crippen LogP contribution in [0.15, 0.2) is 36.4 Å². The van der Waals surface area contributed by atoms with Crippen LogP contribution in [0.5, 0.6) is 11.5 Å². The van der Waals surface area contributed by atoms with Crippen molar-refractivity contribution in [3.05, 3.63) is 47.6 Å². The zero-order chi connectivity index (χ0) is 23.0. The summed E-state index contributed by atoms with van der Waals surface area (Å²) in [5, 5.41) is 20.6. The number of carbonyl (C=O) groups excluding carboxylic acids is 1. The first-order valence-electron chi connectivity index (χ1n) is 11.2. The topological polar surface area (TPSA) is 76.0 Å². The molecule has 0 saturated heterocycles. The Morgan fingerprint density at radius 1 is 1.10 bits per heavy atom. The molecule has 170 valence electrons. The van der Waals surface area contributed by atoms with Crippen LogP contribution in [0, 0.1) is 11.8 Å². The van der Waals surface area contributed by atoms with Gasteiger partial charge in [-0.15, -0.1) is 0 Å². The van der Waals surface area contributed by atoms with Crippen molar-refractivity contribution in [2.75, 3.05) is 0 Å². The number of hydrogen-bond donors (Lipinski definition) is 2. The molecule has 1 saturated carbocycles. The molecule has 3 rings (SSSR count). The third-order valence-corrected chi connectivity index (χ3v) is 11.3. The molecule has 0 aromatic heterocycles. The number of rotatable bonds is 2. The number of cyclic esters (lactones) is 1. The number of ether oxygens (including phenoxy) is 1. The van der Waals surface area contributed by atoms with E-state index in [0.717, 1.165) is 12.8 Å². The predicted molar refractivity (Wildman–Crippen MR) is 125 cm³/mol. The number of hydrogen-bond acceptors (Lipinski definition) is 5. The highest BCUT2D eigenvalue weighted by Crippen LogP contribution is 2.44. The minimum atomic E-state index is -2.10. The predicted octanol–water partition coefficient (Wildman–Crippen LogP) is 5.73. The van der Waals surface area contributed by atoms with E-state index in [2.05, 4.69) is 46.0 Å². The van der Waals surface area contributed by atoms with Crippen LogP contribution in [0.1, 0.15) is 56.5 Å². The quantitative estimate of drug-likeness (QED) is 0.450. The van der Waals surface area contributed by atoms with Gasteiger partial charge in [0.1, 0.15) is 17.1 Å². The van der Waals surface area contributed by atoms with Gasteiger partial charge in [0.2, 0.25) is 0 Å². The maximum absolute atomic E-state index is 13.0. The molecule has 1 heterocycles. The number of phenols is 2. The van der Waals surface area contributed by atoms with Crippen LogP contribution in [-0.4, -0.2) is 36.7 Å². The van der Waals surface area contributed by atoms with Crippen molar-refractivity contribution in [2.45, 2.75) is 77.3 Å². The summed E-state index contributed by atoms with van der Waals surface area (Å²) in [7, 11) is -2.10. The van der Waals surface area contributed by atoms with Crippen LogP contribution in [-0.2, 0) is 15.6 Å². The standard InChI is InChI=1S/C25H36O5Si/c1-16-11-18-12-17(18)9-7-8-10-21(30-31(5,6)25(2,3)4)14-19-13-20(26)15-22(27)23(19)24(28)29-16/h7-10,13,15-18,21,26-27H,11-12,14H2,1-6H3/b9-7-,10-8+/t16-,17+,18?,21?/m1/s1. The molecule has 2 unspecified atom stereocenters. The van der Waals surface area contributed by atoms with Crippen LogP contribution in [0.3, 0.4) is 0 Å². The van der Waals surface area contributed by atoms with E-state index in [0.29, 0.717) is 23.8 Å². The van der Waals surface area contributed by atoms with Crippen molar-refractivity contribution in [3.8, 4) is 11.5 Å². The molecule has 2 aliphatic rings. The molecule has 0 amide bonds. The Morgan fingerprint density at radius 3 is 2.45 bits per heavy atom. The third kappa shape index (κ3) is 5.80. The van der Waals surface area contributed by atoms with Gasteiger partial charge >= 0.3 is 5.97 Å². The minimum Gasteiger partial charge on any atom is -0.508 e. The Hall–Kier alpha value is -2.05. The lowest BCUT2D eigenvalue weighted by Crippen LogP contribution is -2.44. The molecule has 1 aliphatic carbocycles. The first-order valence-corrected chi connectivity index (χ1v) is 14.1. The zero-order valence-corrected chi connectivity index (χ0v) is 20.5. The van der Waals surface area contributed by atoms with Crippen LogP contribution < -0.4 is 0 Å². The van der Waals surface area contributed by atoms with Crippen molar-refractivity contribution in [2.24, 2.45) is 11.8 Å². The van der Waals surface area contributed by atoms with Gasteiger partial charge in [-0.25, -0.2) is 4.79 Å². The van der Waals surface area contributed by atoms with Crippen molar-refractivity contribution >= 4 is 14.3 Å². The second-order valence-corrected chi connectivity index (χ2v) is 15.3. The first-order chi connectivity index (χ1) is 14.4. The second-order valence-electron chi connectivity index (χ2n) is 10.5. The minimum absolute atomic E-state index is 0.0230. The monoisotopic (exact) mass is 444 g/mol. The van der Waals surface area contributed by atoms with Gasteiger partial charge < -0.3 is 19.4 Å². The molecular weight excluding hydrogens is 408 g/mol. The lowest BCUT2D eigenvalue weighted by molar-refractivity contribution is 0.0306. The van der Waals surface area contributed by atoms with Gasteiger partial charge in [-0.2, -0.15) is 0 Å². The SMILES string of the molecule is C[C@@H]1CC2C[C@@H]2/C=C\C=C\C(O[Si](C)(C)C(C)(C)C)Cc2cc(O)cc(O)c2C(=O)O1. The van der Waals surface area contributed by atoms with E-state index >= 15 is 0 Å². The summed E-state index contributed by atoms with van der Waals surface area (Å²) >= 11 is 0. The van der Waals surface area contributed by atoms with Crippen LogP contribution in [0.25, 0.3) is 0 Å². The zero-order valence-electron chi connectivity index (χ0n) is 19.5. The maximum Gasteiger partial charge on any atom is 0.342 e. The van der Waals surface area contributed by atoms with Gasteiger partial charge in [-0.1, -0.05) is 45.1 Å². The molecular formula is C25H36O5Si. The van der Waals surface area contributed by atoms with E-state index < -0.39 is 14.3 Å². The molecule has 1 fully saturated rings. The Balaban J connectivity index is 2.00. The molecule has 5 nitrogen and oxygen atoms in total. The molecule has 1 aromatic carbocycles. The summed E-state index contributed by atoms with van der Waals surface area (Å²) in [6.07, 6.45) is 10.0. The number of aromatic hydroxyl groups is 2. The van der Waals surface area contributed by atoms with Crippen molar-refractivity contribution in [1.29, 1.82) is 0 Å². The van der Waals surface area contributed by atoms with Gasteiger partial charge in [-0.05, 0) is 61.4 Å². The number of carbonyl (C=O) groups is 1. The lowest BCUT2D eigenvalue weighted by Gasteiger charge is -2.38. The Labute approximate surface area is 186 Å². The van der Waals surface area contributed by atoms with Crippen molar-refractivity contribution in [1.82, 2.24) is 0 Å². The van der Waals surface area contributed by atoms with Crippen LogP contribution in [0.2, 0.25) is 18.1 Å². The lowest BCUT2D eigenvalue weighted by atomic mass is 9.99. The van der Waals surface area contributed by atoms with Gasteiger partial charge in [0.05, 0.1) is 12.2 Å². The van der Waals surface area contributed by atoms with Gasteiger partial charge in [0, 0.05) is 12.5 Å². The van der Waals surface area contributed by atoms with Crippen molar-refractivity contribution in [3.63, 3.8) is 0 Å². The fraction of sp³-hybridized carbons (Fsp3) is 0.560. The van der Waals surface area contributed by atoms with E-state index in [9.17, 15) is 15.0 Å². The highest BCUT2D eigenvalue weighted by atomic mass is 28.4. The maximum atomic E-state index is 13.0. The Kier molecular flexibility index (Phi) is 6.72. The average Bonchev–Trinajstić information content (AvgIpc) is 3.33. The molecule has 1 aliphatic heterocycles. The number of fused-ring (bicyclic) bond motifs is 2. The van der Waals surface area contributed by atoms with E-state index in [-0.39, 0.29) is 34.3 Å². The number of esters is 1. The summed E-state index contributed by atoms with van der Waals surface area (Å²) in [6, 6.07) is 2.71. The summed E-state index contributed by atoms with van der Waals surface area (Å²) in [5.74, 6) is 0.126.